The minimum Gasteiger partial charge on any atom is -0.489 e. The fraction of sp³-hybridized carbons (Fsp3) is 0.455. The van der Waals surface area contributed by atoms with Crippen molar-refractivity contribution < 1.29 is 26.7 Å². The molecule has 0 heterocycles. The zero-order valence-electron chi connectivity index (χ0n) is 17.7. The first-order valence-electron chi connectivity index (χ1n) is 9.59. The van der Waals surface area contributed by atoms with E-state index >= 15 is 0 Å². The molecule has 2 rings (SSSR count). The standard InChI is InChI=1S/C22H27BrF4O2Si/c1-21(2,3)30(4,5)29-14-17(22(25,26)27)16-11-19(24)18(23)12-20(16)28-13-15-9-7-6-8-10-15/h6-12,17H,13-14H2,1-5H3. The minimum atomic E-state index is -4.62. The first-order valence-corrected chi connectivity index (χ1v) is 13.3. The van der Waals surface area contributed by atoms with E-state index in [1.807, 2.05) is 52.1 Å². The van der Waals surface area contributed by atoms with Crippen molar-refractivity contribution in [3.05, 3.63) is 63.9 Å². The highest BCUT2D eigenvalue weighted by Crippen LogP contribution is 2.44. The predicted octanol–water partition coefficient (Wildman–Crippen LogP) is 7.83. The lowest BCUT2D eigenvalue weighted by molar-refractivity contribution is -0.157. The van der Waals surface area contributed by atoms with E-state index in [0.717, 1.165) is 11.6 Å². The van der Waals surface area contributed by atoms with E-state index in [2.05, 4.69) is 15.9 Å². The zero-order valence-corrected chi connectivity index (χ0v) is 20.3. The molecule has 0 spiro atoms. The lowest BCUT2D eigenvalue weighted by Crippen LogP contribution is -2.43. The van der Waals surface area contributed by atoms with E-state index < -0.39 is 32.8 Å². The Morgan fingerprint density at radius 2 is 1.63 bits per heavy atom. The molecule has 0 aliphatic rings. The maximum absolute atomic E-state index is 14.2. The Bertz CT molecular complexity index is 849. The fourth-order valence-electron chi connectivity index (χ4n) is 2.55. The third kappa shape index (κ3) is 6.31. The molecule has 0 aromatic heterocycles. The topological polar surface area (TPSA) is 18.5 Å². The molecule has 2 nitrogen and oxygen atoms in total. The maximum Gasteiger partial charge on any atom is 0.398 e. The zero-order chi connectivity index (χ0) is 22.7. The molecular formula is C22H27BrF4O2Si. The third-order valence-electron chi connectivity index (χ3n) is 5.48. The van der Waals surface area contributed by atoms with Crippen molar-refractivity contribution in [2.75, 3.05) is 6.61 Å². The van der Waals surface area contributed by atoms with Gasteiger partial charge in [0, 0.05) is 12.2 Å². The molecule has 1 unspecified atom stereocenters. The van der Waals surface area contributed by atoms with E-state index in [0.29, 0.717) is 0 Å². The summed E-state index contributed by atoms with van der Waals surface area (Å²) in [5.41, 5.74) is 0.530. The second kappa shape index (κ2) is 9.40. The van der Waals surface area contributed by atoms with Crippen LogP contribution in [0, 0.1) is 5.82 Å². The van der Waals surface area contributed by atoms with Gasteiger partial charge in [-0.3, -0.25) is 0 Å². The van der Waals surface area contributed by atoms with E-state index in [9.17, 15) is 17.6 Å². The SMILES string of the molecule is CC(C)(C)[Si](C)(C)OCC(c1cc(F)c(Br)cc1OCc1ccccc1)C(F)(F)F. The summed E-state index contributed by atoms with van der Waals surface area (Å²) in [6, 6.07) is 11.2. The second-order valence-corrected chi connectivity index (χ2v) is 14.4. The summed E-state index contributed by atoms with van der Waals surface area (Å²) in [4.78, 5) is 0. The highest BCUT2D eigenvalue weighted by Gasteiger charge is 2.45. The van der Waals surface area contributed by atoms with Crippen molar-refractivity contribution in [1.29, 1.82) is 0 Å². The van der Waals surface area contributed by atoms with Crippen LogP contribution in [-0.2, 0) is 11.0 Å². The molecule has 0 radical (unpaired) electrons. The Balaban J connectivity index is 2.38. The molecule has 0 saturated heterocycles. The van der Waals surface area contributed by atoms with Crippen LogP contribution in [-0.4, -0.2) is 21.1 Å². The average Bonchev–Trinajstić information content (AvgIpc) is 2.62. The molecule has 0 aliphatic carbocycles. The molecule has 1 atom stereocenters. The van der Waals surface area contributed by atoms with Crippen molar-refractivity contribution in [2.45, 2.75) is 57.6 Å². The minimum absolute atomic E-state index is 0.0201. The van der Waals surface area contributed by atoms with Crippen molar-refractivity contribution >= 4 is 24.2 Å². The van der Waals surface area contributed by atoms with Crippen LogP contribution in [0.1, 0.15) is 37.8 Å². The Kier molecular flexibility index (Phi) is 7.80. The van der Waals surface area contributed by atoms with Crippen LogP contribution < -0.4 is 4.74 Å². The molecule has 2 aromatic carbocycles. The van der Waals surface area contributed by atoms with Crippen molar-refractivity contribution in [3.63, 3.8) is 0 Å². The summed E-state index contributed by atoms with van der Waals surface area (Å²) in [7, 11) is -2.44. The van der Waals surface area contributed by atoms with Crippen LogP contribution in [0.15, 0.2) is 46.9 Å². The summed E-state index contributed by atoms with van der Waals surface area (Å²) in [6.07, 6.45) is -4.62. The maximum atomic E-state index is 14.2. The third-order valence-corrected chi connectivity index (χ3v) is 10.6. The summed E-state index contributed by atoms with van der Waals surface area (Å²) in [6.45, 7) is 9.12. The van der Waals surface area contributed by atoms with Crippen LogP contribution >= 0.6 is 15.9 Å². The van der Waals surface area contributed by atoms with Gasteiger partial charge in [0.1, 0.15) is 24.1 Å². The molecule has 0 fully saturated rings. The molecule has 30 heavy (non-hydrogen) atoms. The number of benzene rings is 2. The van der Waals surface area contributed by atoms with Gasteiger partial charge in [0.15, 0.2) is 8.32 Å². The molecule has 0 amide bonds. The molecule has 166 valence electrons. The highest BCUT2D eigenvalue weighted by atomic mass is 79.9. The number of hydrogen-bond acceptors (Lipinski definition) is 2. The van der Waals surface area contributed by atoms with E-state index in [4.69, 9.17) is 9.16 Å². The van der Waals surface area contributed by atoms with Gasteiger partial charge in [-0.2, -0.15) is 13.2 Å². The lowest BCUT2D eigenvalue weighted by atomic mass is 9.98. The molecular weight excluding hydrogens is 480 g/mol. The van der Waals surface area contributed by atoms with Gasteiger partial charge in [0.2, 0.25) is 0 Å². The van der Waals surface area contributed by atoms with Gasteiger partial charge in [-0.25, -0.2) is 4.39 Å². The molecule has 2 aromatic rings. The average molecular weight is 507 g/mol. The van der Waals surface area contributed by atoms with Gasteiger partial charge in [-0.05, 0) is 51.8 Å². The Morgan fingerprint density at radius 3 is 2.17 bits per heavy atom. The van der Waals surface area contributed by atoms with E-state index in [-0.39, 0.29) is 27.4 Å². The second-order valence-electron chi connectivity index (χ2n) is 8.74. The number of rotatable bonds is 7. The van der Waals surface area contributed by atoms with E-state index in [1.54, 1.807) is 12.1 Å². The molecule has 0 saturated carbocycles. The van der Waals surface area contributed by atoms with Gasteiger partial charge in [0.25, 0.3) is 0 Å². The van der Waals surface area contributed by atoms with Crippen LogP contribution in [0.2, 0.25) is 18.1 Å². The van der Waals surface area contributed by atoms with Gasteiger partial charge in [-0.1, -0.05) is 51.1 Å². The largest absolute Gasteiger partial charge is 0.489 e. The Hall–Kier alpha value is -1.38. The summed E-state index contributed by atoms with van der Waals surface area (Å²) in [5.74, 6) is -2.80. The molecule has 0 bridgehead atoms. The normalized spacial score (nSPS) is 13.9. The van der Waals surface area contributed by atoms with Crippen molar-refractivity contribution in [2.24, 2.45) is 0 Å². The molecule has 0 N–H and O–H groups in total. The smallest absolute Gasteiger partial charge is 0.398 e. The molecule has 0 aliphatic heterocycles. The Morgan fingerprint density at radius 1 is 1.03 bits per heavy atom. The highest BCUT2D eigenvalue weighted by molar-refractivity contribution is 9.10. The van der Waals surface area contributed by atoms with Gasteiger partial charge < -0.3 is 9.16 Å². The summed E-state index contributed by atoms with van der Waals surface area (Å²) >= 11 is 3.04. The van der Waals surface area contributed by atoms with Crippen LogP contribution in [0.3, 0.4) is 0 Å². The van der Waals surface area contributed by atoms with Crippen LogP contribution in [0.4, 0.5) is 17.6 Å². The number of halogens is 5. The van der Waals surface area contributed by atoms with Gasteiger partial charge in [-0.15, -0.1) is 0 Å². The van der Waals surface area contributed by atoms with Crippen LogP contribution in [0.25, 0.3) is 0 Å². The summed E-state index contributed by atoms with van der Waals surface area (Å²) in [5, 5.41) is -0.249. The van der Waals surface area contributed by atoms with Gasteiger partial charge >= 0.3 is 6.18 Å². The van der Waals surface area contributed by atoms with E-state index in [1.165, 1.54) is 6.07 Å². The Labute approximate surface area is 184 Å². The molecule has 8 heteroatoms. The monoisotopic (exact) mass is 506 g/mol. The van der Waals surface area contributed by atoms with Crippen LogP contribution in [0.5, 0.6) is 5.75 Å². The first kappa shape index (κ1) is 24.9. The van der Waals surface area contributed by atoms with Crippen molar-refractivity contribution in [1.82, 2.24) is 0 Å². The number of hydrogen-bond donors (Lipinski definition) is 0. The number of alkyl halides is 3. The summed E-state index contributed by atoms with van der Waals surface area (Å²) < 4.78 is 67.8. The number of ether oxygens (including phenoxy) is 1. The first-order chi connectivity index (χ1) is 13.7. The predicted molar refractivity (Wildman–Crippen MR) is 117 cm³/mol. The van der Waals surface area contributed by atoms with Crippen molar-refractivity contribution in [3.8, 4) is 5.75 Å². The fourth-order valence-corrected chi connectivity index (χ4v) is 3.88. The lowest BCUT2D eigenvalue weighted by Gasteiger charge is -2.37. The quantitative estimate of drug-likeness (QED) is 0.281. The van der Waals surface area contributed by atoms with Gasteiger partial charge in [0.05, 0.1) is 4.47 Å².